The average molecular weight is 310 g/mol. The van der Waals surface area contributed by atoms with Gasteiger partial charge in [0.25, 0.3) is 0 Å². The SMILES string of the molecule is CC(N[C@@H](C)c1ccccc1Br)c1cccs1. The van der Waals surface area contributed by atoms with E-state index in [0.29, 0.717) is 12.1 Å². The predicted molar refractivity (Wildman–Crippen MR) is 78.4 cm³/mol. The van der Waals surface area contributed by atoms with E-state index in [0.717, 1.165) is 0 Å². The normalized spacial score (nSPS) is 14.5. The van der Waals surface area contributed by atoms with Gasteiger partial charge in [-0.25, -0.2) is 0 Å². The van der Waals surface area contributed by atoms with Gasteiger partial charge in [-0.15, -0.1) is 11.3 Å². The maximum atomic E-state index is 3.62. The van der Waals surface area contributed by atoms with Crippen molar-refractivity contribution in [1.82, 2.24) is 5.32 Å². The second kappa shape index (κ2) is 5.80. The van der Waals surface area contributed by atoms with Crippen LogP contribution in [0, 0.1) is 0 Å². The molecule has 1 nitrogen and oxygen atoms in total. The molecule has 0 amide bonds. The zero-order valence-corrected chi connectivity index (χ0v) is 12.4. The lowest BCUT2D eigenvalue weighted by Crippen LogP contribution is -2.22. The van der Waals surface area contributed by atoms with Crippen LogP contribution in [-0.4, -0.2) is 0 Å². The van der Waals surface area contributed by atoms with Crippen molar-refractivity contribution >= 4 is 27.3 Å². The van der Waals surface area contributed by atoms with E-state index < -0.39 is 0 Å². The van der Waals surface area contributed by atoms with Gasteiger partial charge < -0.3 is 5.32 Å². The summed E-state index contributed by atoms with van der Waals surface area (Å²) in [6.45, 7) is 4.41. The summed E-state index contributed by atoms with van der Waals surface area (Å²) in [6.07, 6.45) is 0. The first-order chi connectivity index (χ1) is 8.18. The Balaban J connectivity index is 2.07. The number of nitrogens with one attached hydrogen (secondary N) is 1. The zero-order valence-electron chi connectivity index (χ0n) is 9.98. The van der Waals surface area contributed by atoms with Gasteiger partial charge >= 0.3 is 0 Å². The molecular formula is C14H16BrNS. The Morgan fingerprint density at radius 3 is 2.47 bits per heavy atom. The standard InChI is InChI=1S/C14H16BrNS/c1-10(12-6-3-4-7-13(12)15)16-11(2)14-8-5-9-17-14/h3-11,16H,1-2H3/t10-,11?/m0/s1. The van der Waals surface area contributed by atoms with E-state index in [-0.39, 0.29) is 0 Å². The molecule has 0 radical (unpaired) electrons. The predicted octanol–water partition coefficient (Wildman–Crippen LogP) is 4.92. The van der Waals surface area contributed by atoms with E-state index in [2.05, 4.69) is 70.8 Å². The van der Waals surface area contributed by atoms with E-state index in [1.165, 1.54) is 14.9 Å². The number of hydrogen-bond acceptors (Lipinski definition) is 2. The van der Waals surface area contributed by atoms with E-state index in [4.69, 9.17) is 0 Å². The number of thiophene rings is 1. The highest BCUT2D eigenvalue weighted by molar-refractivity contribution is 9.10. The molecule has 90 valence electrons. The van der Waals surface area contributed by atoms with Crippen LogP contribution in [0.3, 0.4) is 0 Å². The van der Waals surface area contributed by atoms with Gasteiger partial charge in [0.1, 0.15) is 0 Å². The summed E-state index contributed by atoms with van der Waals surface area (Å²) < 4.78 is 1.17. The largest absolute Gasteiger partial charge is 0.303 e. The van der Waals surface area contributed by atoms with E-state index >= 15 is 0 Å². The number of benzene rings is 1. The molecule has 1 aromatic heterocycles. The molecule has 1 N–H and O–H groups in total. The summed E-state index contributed by atoms with van der Waals surface area (Å²) in [7, 11) is 0. The molecule has 0 fully saturated rings. The van der Waals surface area contributed by atoms with Crippen LogP contribution < -0.4 is 5.32 Å². The van der Waals surface area contributed by atoms with Crippen LogP contribution >= 0.6 is 27.3 Å². The van der Waals surface area contributed by atoms with Crippen molar-refractivity contribution in [1.29, 1.82) is 0 Å². The van der Waals surface area contributed by atoms with Gasteiger partial charge in [-0.1, -0.05) is 40.2 Å². The third kappa shape index (κ3) is 3.18. The lowest BCUT2D eigenvalue weighted by Gasteiger charge is -2.20. The molecule has 0 aliphatic rings. The van der Waals surface area contributed by atoms with Crippen LogP contribution in [0.1, 0.15) is 36.4 Å². The minimum atomic E-state index is 0.336. The molecule has 0 saturated carbocycles. The molecule has 0 aliphatic carbocycles. The Bertz CT molecular complexity index is 467. The molecule has 0 aliphatic heterocycles. The van der Waals surface area contributed by atoms with Gasteiger partial charge in [0, 0.05) is 21.4 Å². The second-order valence-corrected chi connectivity index (χ2v) is 5.98. The molecule has 2 rings (SSSR count). The summed E-state index contributed by atoms with van der Waals surface area (Å²) in [4.78, 5) is 1.38. The quantitative estimate of drug-likeness (QED) is 0.845. The first-order valence-electron chi connectivity index (χ1n) is 5.72. The molecule has 0 bridgehead atoms. The average Bonchev–Trinajstić information content (AvgIpc) is 2.82. The van der Waals surface area contributed by atoms with E-state index in [1.807, 2.05) is 6.07 Å². The van der Waals surface area contributed by atoms with Crippen molar-refractivity contribution in [3.05, 3.63) is 56.7 Å². The summed E-state index contributed by atoms with van der Waals surface area (Å²) in [6, 6.07) is 13.4. The maximum absolute atomic E-state index is 3.62. The van der Waals surface area contributed by atoms with Crippen molar-refractivity contribution in [2.75, 3.05) is 0 Å². The number of hydrogen-bond donors (Lipinski definition) is 1. The summed E-state index contributed by atoms with van der Waals surface area (Å²) in [5.41, 5.74) is 1.30. The summed E-state index contributed by atoms with van der Waals surface area (Å²) >= 11 is 5.40. The van der Waals surface area contributed by atoms with Gasteiger partial charge in [0.15, 0.2) is 0 Å². The Labute approximate surface area is 115 Å². The minimum absolute atomic E-state index is 0.336. The van der Waals surface area contributed by atoms with Gasteiger partial charge in [-0.2, -0.15) is 0 Å². The monoisotopic (exact) mass is 309 g/mol. The second-order valence-electron chi connectivity index (χ2n) is 4.15. The Morgan fingerprint density at radius 1 is 1.06 bits per heavy atom. The van der Waals surface area contributed by atoms with Crippen LogP contribution in [0.25, 0.3) is 0 Å². The fourth-order valence-electron chi connectivity index (χ4n) is 1.91. The lowest BCUT2D eigenvalue weighted by molar-refractivity contribution is 0.499. The Hall–Kier alpha value is -0.640. The number of rotatable bonds is 4. The molecule has 0 spiro atoms. The van der Waals surface area contributed by atoms with Crippen LogP contribution in [0.5, 0.6) is 0 Å². The molecule has 0 saturated heterocycles. The Kier molecular flexibility index (Phi) is 4.37. The van der Waals surface area contributed by atoms with Crippen molar-refractivity contribution in [3.63, 3.8) is 0 Å². The van der Waals surface area contributed by atoms with Crippen LogP contribution in [0.2, 0.25) is 0 Å². The van der Waals surface area contributed by atoms with E-state index in [9.17, 15) is 0 Å². The topological polar surface area (TPSA) is 12.0 Å². The molecule has 1 heterocycles. The Morgan fingerprint density at radius 2 is 1.82 bits per heavy atom. The van der Waals surface area contributed by atoms with Gasteiger partial charge in [-0.3, -0.25) is 0 Å². The molecule has 1 aromatic carbocycles. The van der Waals surface area contributed by atoms with Crippen molar-refractivity contribution < 1.29 is 0 Å². The highest BCUT2D eigenvalue weighted by Gasteiger charge is 2.13. The smallest absolute Gasteiger partial charge is 0.0391 e. The molecule has 3 heteroatoms. The van der Waals surface area contributed by atoms with Crippen LogP contribution in [0.4, 0.5) is 0 Å². The minimum Gasteiger partial charge on any atom is -0.303 e. The summed E-state index contributed by atoms with van der Waals surface area (Å²) in [5, 5.41) is 5.74. The van der Waals surface area contributed by atoms with Crippen molar-refractivity contribution in [2.24, 2.45) is 0 Å². The molecule has 17 heavy (non-hydrogen) atoms. The van der Waals surface area contributed by atoms with E-state index in [1.54, 1.807) is 11.3 Å². The highest BCUT2D eigenvalue weighted by Crippen LogP contribution is 2.26. The first kappa shape index (κ1) is 12.8. The molecule has 2 aromatic rings. The van der Waals surface area contributed by atoms with Crippen molar-refractivity contribution in [2.45, 2.75) is 25.9 Å². The van der Waals surface area contributed by atoms with Crippen LogP contribution in [0.15, 0.2) is 46.3 Å². The molecule has 2 atom stereocenters. The molecule has 1 unspecified atom stereocenters. The molecular weight excluding hydrogens is 294 g/mol. The maximum Gasteiger partial charge on any atom is 0.0391 e. The summed E-state index contributed by atoms with van der Waals surface area (Å²) in [5.74, 6) is 0. The van der Waals surface area contributed by atoms with Crippen molar-refractivity contribution in [3.8, 4) is 0 Å². The zero-order chi connectivity index (χ0) is 12.3. The highest BCUT2D eigenvalue weighted by atomic mass is 79.9. The van der Waals surface area contributed by atoms with Crippen LogP contribution in [-0.2, 0) is 0 Å². The first-order valence-corrected chi connectivity index (χ1v) is 7.39. The fourth-order valence-corrected chi connectivity index (χ4v) is 3.28. The number of halogens is 1. The van der Waals surface area contributed by atoms with Gasteiger partial charge in [-0.05, 0) is 36.9 Å². The van der Waals surface area contributed by atoms with Gasteiger partial charge in [0.2, 0.25) is 0 Å². The lowest BCUT2D eigenvalue weighted by atomic mass is 10.1. The van der Waals surface area contributed by atoms with Gasteiger partial charge in [0.05, 0.1) is 0 Å². The third-order valence-corrected chi connectivity index (χ3v) is 4.62. The third-order valence-electron chi connectivity index (χ3n) is 2.84. The fraction of sp³-hybridized carbons (Fsp3) is 0.286.